The second-order valence-electron chi connectivity index (χ2n) is 7.29. The van der Waals surface area contributed by atoms with Gasteiger partial charge < -0.3 is 24.8 Å². The molecule has 0 aromatic heterocycles. The molecule has 1 saturated heterocycles. The van der Waals surface area contributed by atoms with Crippen molar-refractivity contribution in [3.8, 4) is 17.2 Å². The molecule has 1 aliphatic heterocycles. The van der Waals surface area contributed by atoms with Gasteiger partial charge in [0.15, 0.2) is 17.0 Å². The first-order chi connectivity index (χ1) is 16.4. The lowest BCUT2D eigenvalue weighted by molar-refractivity contribution is -0.116. The Hall–Kier alpha value is -2.81. The second-order valence-corrected chi connectivity index (χ2v) is 9.79. The van der Waals surface area contributed by atoms with E-state index in [0.717, 1.165) is 15.6 Å². The Balaban J connectivity index is 1.45. The molecule has 1 amide bonds. The van der Waals surface area contributed by atoms with Crippen molar-refractivity contribution >= 4 is 57.0 Å². The number of halogens is 2. The quantitative estimate of drug-likeness (QED) is 0.315. The number of methoxy groups -OCH3 is 2. The maximum Gasteiger partial charge on any atom is 0.260 e. The summed E-state index contributed by atoms with van der Waals surface area (Å²) in [6.45, 7) is 0.419. The lowest BCUT2D eigenvalue weighted by Crippen LogP contribution is -2.31. The molecule has 0 radical (unpaired) electrons. The maximum atomic E-state index is 12.5. The van der Waals surface area contributed by atoms with Crippen molar-refractivity contribution in [2.24, 2.45) is 0 Å². The summed E-state index contributed by atoms with van der Waals surface area (Å²) in [7, 11) is 3.17. The third-order valence-corrected chi connectivity index (χ3v) is 6.76. The Bertz CT molecular complexity index is 1220. The largest absolute Gasteiger partial charge is 0.495 e. The highest BCUT2D eigenvalue weighted by atomic mass is 79.9. The Labute approximate surface area is 215 Å². The van der Waals surface area contributed by atoms with Gasteiger partial charge in [-0.25, -0.2) is 0 Å². The van der Waals surface area contributed by atoms with E-state index in [1.165, 1.54) is 11.8 Å². The molecular weight excluding hydrogens is 540 g/mol. The molecule has 0 aliphatic carbocycles. The van der Waals surface area contributed by atoms with Crippen LogP contribution in [0.2, 0.25) is 5.02 Å². The molecule has 1 atom stereocenters. The van der Waals surface area contributed by atoms with Gasteiger partial charge in [-0.2, -0.15) is 0 Å². The minimum absolute atomic E-state index is 0.168. The number of thioether (sulfide) groups is 1. The molecule has 6 nitrogen and oxygen atoms in total. The van der Waals surface area contributed by atoms with Crippen LogP contribution in [-0.2, 0) is 11.4 Å². The SMILES string of the molecule is COc1ccc(Cl)cc1NC1NC(=O)/C(=C/c2ccc(OCc3ccc(Br)cc3)c(OC)c2)S1. The molecule has 4 rings (SSSR count). The smallest absolute Gasteiger partial charge is 0.260 e. The number of carbonyl (C=O) groups excluding carboxylic acids is 1. The molecule has 3 aromatic carbocycles. The number of carbonyl (C=O) groups is 1. The molecule has 1 unspecified atom stereocenters. The van der Waals surface area contributed by atoms with E-state index in [1.807, 2.05) is 48.5 Å². The summed E-state index contributed by atoms with van der Waals surface area (Å²) >= 11 is 10.9. The van der Waals surface area contributed by atoms with Crippen LogP contribution in [-0.4, -0.2) is 25.6 Å². The minimum atomic E-state index is -0.360. The van der Waals surface area contributed by atoms with Crippen LogP contribution in [0.25, 0.3) is 6.08 Å². The second kappa shape index (κ2) is 11.1. The third kappa shape index (κ3) is 6.00. The van der Waals surface area contributed by atoms with Gasteiger partial charge in [-0.15, -0.1) is 0 Å². The van der Waals surface area contributed by atoms with E-state index in [9.17, 15) is 4.79 Å². The van der Waals surface area contributed by atoms with Crippen LogP contribution in [0.5, 0.6) is 17.2 Å². The van der Waals surface area contributed by atoms with Gasteiger partial charge in [-0.05, 0) is 59.7 Å². The van der Waals surface area contributed by atoms with Crippen LogP contribution in [0, 0.1) is 0 Å². The van der Waals surface area contributed by atoms with E-state index in [-0.39, 0.29) is 11.4 Å². The first kappa shape index (κ1) is 24.3. The molecule has 0 spiro atoms. The molecule has 0 saturated carbocycles. The lowest BCUT2D eigenvalue weighted by atomic mass is 10.2. The molecule has 0 bridgehead atoms. The molecule has 3 aromatic rings. The topological polar surface area (TPSA) is 68.8 Å². The standard InChI is InChI=1S/C25H22BrClN2O4S/c1-31-20-10-8-18(27)13-19(20)28-25-29-24(30)23(34-25)12-16-5-9-21(22(11-16)32-2)33-14-15-3-6-17(26)7-4-15/h3-13,25,28H,14H2,1-2H3,(H,29,30)/b23-12-. The molecule has 1 fully saturated rings. The van der Waals surface area contributed by atoms with Crippen molar-refractivity contribution in [1.82, 2.24) is 5.32 Å². The average molecular weight is 562 g/mol. The van der Waals surface area contributed by atoms with Gasteiger partial charge in [0.1, 0.15) is 12.4 Å². The van der Waals surface area contributed by atoms with Crippen LogP contribution >= 0.6 is 39.3 Å². The Kier molecular flexibility index (Phi) is 7.92. The zero-order chi connectivity index (χ0) is 24.1. The molecule has 1 heterocycles. The van der Waals surface area contributed by atoms with Crippen molar-refractivity contribution in [3.63, 3.8) is 0 Å². The van der Waals surface area contributed by atoms with Crippen LogP contribution in [0.1, 0.15) is 11.1 Å². The minimum Gasteiger partial charge on any atom is -0.495 e. The number of hydrogen-bond acceptors (Lipinski definition) is 6. The van der Waals surface area contributed by atoms with Crippen LogP contribution < -0.4 is 24.8 Å². The van der Waals surface area contributed by atoms with Crippen molar-refractivity contribution in [3.05, 3.63) is 86.2 Å². The average Bonchev–Trinajstić information content (AvgIpc) is 3.17. The fourth-order valence-electron chi connectivity index (χ4n) is 3.29. The summed E-state index contributed by atoms with van der Waals surface area (Å²) in [6.07, 6.45) is 1.82. The van der Waals surface area contributed by atoms with Crippen molar-refractivity contribution < 1.29 is 19.0 Å². The van der Waals surface area contributed by atoms with Crippen molar-refractivity contribution in [1.29, 1.82) is 0 Å². The zero-order valence-corrected chi connectivity index (χ0v) is 21.6. The van der Waals surface area contributed by atoms with E-state index < -0.39 is 0 Å². The summed E-state index contributed by atoms with van der Waals surface area (Å²) in [5, 5.41) is 6.73. The number of anilines is 1. The number of hydrogen-bond donors (Lipinski definition) is 2. The highest BCUT2D eigenvalue weighted by Gasteiger charge is 2.28. The number of rotatable bonds is 8. The van der Waals surface area contributed by atoms with Crippen molar-refractivity contribution in [2.75, 3.05) is 19.5 Å². The highest BCUT2D eigenvalue weighted by molar-refractivity contribution is 9.10. The number of amides is 1. The Morgan fingerprint density at radius 3 is 2.50 bits per heavy atom. The van der Waals surface area contributed by atoms with Gasteiger partial charge in [0.05, 0.1) is 24.8 Å². The zero-order valence-electron chi connectivity index (χ0n) is 18.4. The molecule has 176 valence electrons. The number of nitrogens with one attached hydrogen (secondary N) is 2. The van der Waals surface area contributed by atoms with Gasteiger partial charge in [0.25, 0.3) is 5.91 Å². The van der Waals surface area contributed by atoms with E-state index >= 15 is 0 Å². The molecule has 9 heteroatoms. The third-order valence-electron chi connectivity index (χ3n) is 4.97. The predicted molar refractivity (Wildman–Crippen MR) is 141 cm³/mol. The summed E-state index contributed by atoms with van der Waals surface area (Å²) < 4.78 is 17.8. The van der Waals surface area contributed by atoms with E-state index in [2.05, 4.69) is 26.6 Å². The molecule has 1 aliphatic rings. The first-order valence-corrected chi connectivity index (χ1v) is 12.3. The summed E-state index contributed by atoms with van der Waals surface area (Å²) in [5.74, 6) is 1.69. The summed E-state index contributed by atoms with van der Waals surface area (Å²) in [4.78, 5) is 13.1. The van der Waals surface area contributed by atoms with Gasteiger partial charge in [0, 0.05) is 9.50 Å². The van der Waals surface area contributed by atoms with Gasteiger partial charge in [-0.1, -0.05) is 57.5 Å². The van der Waals surface area contributed by atoms with E-state index in [0.29, 0.717) is 39.5 Å². The summed E-state index contributed by atoms with van der Waals surface area (Å²) in [6, 6.07) is 18.8. The number of ether oxygens (including phenoxy) is 3. The van der Waals surface area contributed by atoms with Gasteiger partial charge in [0.2, 0.25) is 0 Å². The van der Waals surface area contributed by atoms with Gasteiger partial charge in [-0.3, -0.25) is 4.79 Å². The van der Waals surface area contributed by atoms with Crippen LogP contribution in [0.3, 0.4) is 0 Å². The van der Waals surface area contributed by atoms with Gasteiger partial charge >= 0.3 is 0 Å². The van der Waals surface area contributed by atoms with Crippen molar-refractivity contribution in [2.45, 2.75) is 12.1 Å². The maximum absolute atomic E-state index is 12.5. The highest BCUT2D eigenvalue weighted by Crippen LogP contribution is 2.35. The summed E-state index contributed by atoms with van der Waals surface area (Å²) in [5.41, 5.74) is 2.21. The van der Waals surface area contributed by atoms with E-state index in [1.54, 1.807) is 32.4 Å². The normalized spacial score (nSPS) is 16.3. The molecule has 34 heavy (non-hydrogen) atoms. The predicted octanol–water partition coefficient (Wildman–Crippen LogP) is 6.30. The Morgan fingerprint density at radius 2 is 1.76 bits per heavy atom. The molecule has 2 N–H and O–H groups in total. The Morgan fingerprint density at radius 1 is 1.03 bits per heavy atom. The number of benzene rings is 3. The van der Waals surface area contributed by atoms with Crippen LogP contribution in [0.15, 0.2) is 70.0 Å². The molecular formula is C25H22BrClN2O4S. The fraction of sp³-hybridized carbons (Fsp3) is 0.160. The lowest BCUT2D eigenvalue weighted by Gasteiger charge is -2.15. The van der Waals surface area contributed by atoms with Crippen LogP contribution in [0.4, 0.5) is 5.69 Å². The fourth-order valence-corrected chi connectivity index (χ4v) is 4.70. The van der Waals surface area contributed by atoms with E-state index in [4.69, 9.17) is 25.8 Å². The first-order valence-electron chi connectivity index (χ1n) is 10.3. The monoisotopic (exact) mass is 560 g/mol.